The maximum Gasteiger partial charge on any atom is 0.315 e. The lowest BCUT2D eigenvalue weighted by molar-refractivity contribution is 0.181. The van der Waals surface area contributed by atoms with E-state index in [9.17, 15) is 4.79 Å². The van der Waals surface area contributed by atoms with Crippen LogP contribution in [0.5, 0.6) is 0 Å². The molecule has 2 amide bonds. The van der Waals surface area contributed by atoms with Gasteiger partial charge in [-0.05, 0) is 51.6 Å². The number of carbonyl (C=O) groups is 1. The Bertz CT molecular complexity index is 489. The van der Waals surface area contributed by atoms with E-state index < -0.39 is 0 Å². The molecule has 1 aromatic heterocycles. The third-order valence-electron chi connectivity index (χ3n) is 4.41. The molecule has 2 rings (SSSR count). The molecule has 1 aliphatic heterocycles. The van der Waals surface area contributed by atoms with Crippen molar-refractivity contribution in [2.45, 2.75) is 45.6 Å². The lowest BCUT2D eigenvalue weighted by atomic mass is 10.0. The van der Waals surface area contributed by atoms with Gasteiger partial charge in [-0.1, -0.05) is 6.92 Å². The molecule has 7 heteroatoms. The number of nitrogens with one attached hydrogen (secondary N) is 2. The molecule has 0 bridgehead atoms. The third-order valence-corrected chi connectivity index (χ3v) is 4.41. The minimum atomic E-state index is -0.155. The summed E-state index contributed by atoms with van der Waals surface area (Å²) in [5, 5.41) is 13.6. The Kier molecular flexibility index (Phi) is 6.83. The van der Waals surface area contributed by atoms with E-state index >= 15 is 0 Å². The number of hydrogen-bond acceptors (Lipinski definition) is 4. The predicted molar refractivity (Wildman–Crippen MR) is 90.0 cm³/mol. The number of aryl methyl sites for hydroxylation is 1. The highest BCUT2D eigenvalue weighted by Gasteiger charge is 2.16. The summed E-state index contributed by atoms with van der Waals surface area (Å²) in [4.78, 5) is 14.4. The minimum absolute atomic E-state index is 0.146. The van der Waals surface area contributed by atoms with Crippen LogP contribution in [-0.2, 0) is 7.05 Å². The third kappa shape index (κ3) is 5.82. The van der Waals surface area contributed by atoms with E-state index in [0.717, 1.165) is 31.1 Å². The summed E-state index contributed by atoms with van der Waals surface area (Å²) < 4.78 is 1.81. The molecule has 1 aromatic rings. The second kappa shape index (κ2) is 8.86. The van der Waals surface area contributed by atoms with Crippen molar-refractivity contribution in [3.05, 3.63) is 12.2 Å². The Morgan fingerprint density at radius 2 is 2.30 bits per heavy atom. The van der Waals surface area contributed by atoms with Gasteiger partial charge in [0.25, 0.3) is 0 Å². The quantitative estimate of drug-likeness (QED) is 0.749. The first-order valence-electron chi connectivity index (χ1n) is 8.67. The van der Waals surface area contributed by atoms with Crippen molar-refractivity contribution in [2.75, 3.05) is 26.2 Å². The van der Waals surface area contributed by atoms with Crippen LogP contribution in [0.4, 0.5) is 4.79 Å². The molecule has 0 spiro atoms. The maximum absolute atomic E-state index is 11.9. The van der Waals surface area contributed by atoms with E-state index in [2.05, 4.69) is 32.7 Å². The Morgan fingerprint density at radius 3 is 3.00 bits per heavy atom. The summed E-state index contributed by atoms with van der Waals surface area (Å²) in [5.74, 6) is 1.58. The number of aromatic nitrogens is 3. The summed E-state index contributed by atoms with van der Waals surface area (Å²) in [6, 6.07) is -0.301. The molecular formula is C16H30N6O. The summed E-state index contributed by atoms with van der Waals surface area (Å²) in [7, 11) is 1.87. The van der Waals surface area contributed by atoms with Gasteiger partial charge >= 0.3 is 6.03 Å². The Labute approximate surface area is 138 Å². The lowest BCUT2D eigenvalue weighted by Crippen LogP contribution is -2.38. The number of nitrogens with zero attached hydrogens (tertiary/aromatic N) is 4. The van der Waals surface area contributed by atoms with Crippen LogP contribution < -0.4 is 10.6 Å². The summed E-state index contributed by atoms with van der Waals surface area (Å²) in [5.41, 5.74) is 0. The van der Waals surface area contributed by atoms with Gasteiger partial charge in [0, 0.05) is 20.1 Å². The highest BCUT2D eigenvalue weighted by atomic mass is 16.2. The van der Waals surface area contributed by atoms with E-state index in [1.54, 1.807) is 6.33 Å². The first kappa shape index (κ1) is 17.7. The van der Waals surface area contributed by atoms with E-state index in [4.69, 9.17) is 0 Å². The zero-order chi connectivity index (χ0) is 16.7. The van der Waals surface area contributed by atoms with Crippen molar-refractivity contribution in [3.8, 4) is 0 Å². The standard InChI is InChI=1S/C16H30N6O/c1-13-7-6-10-22(11-13)9-5-4-8-17-16(23)19-14(2)15-20-18-12-21(15)3/h12-14H,4-11H2,1-3H3,(H2,17,19,23)/t13-,14-/m1/s1. The van der Waals surface area contributed by atoms with Crippen molar-refractivity contribution >= 4 is 6.03 Å². The first-order valence-corrected chi connectivity index (χ1v) is 8.67. The second-order valence-corrected chi connectivity index (χ2v) is 6.68. The normalized spacial score (nSPS) is 20.2. The van der Waals surface area contributed by atoms with Gasteiger partial charge in [-0.3, -0.25) is 0 Å². The van der Waals surface area contributed by atoms with Crippen molar-refractivity contribution in [1.82, 2.24) is 30.3 Å². The average molecular weight is 322 g/mol. The number of hydrogen-bond donors (Lipinski definition) is 2. The molecule has 0 radical (unpaired) electrons. The Hall–Kier alpha value is -1.63. The van der Waals surface area contributed by atoms with Crippen LogP contribution in [0.25, 0.3) is 0 Å². The molecule has 2 atom stereocenters. The molecule has 23 heavy (non-hydrogen) atoms. The number of likely N-dealkylation sites (tertiary alicyclic amines) is 1. The zero-order valence-corrected chi connectivity index (χ0v) is 14.6. The van der Waals surface area contributed by atoms with E-state index in [0.29, 0.717) is 6.54 Å². The molecular weight excluding hydrogens is 292 g/mol. The van der Waals surface area contributed by atoms with Crippen LogP contribution in [0.2, 0.25) is 0 Å². The largest absolute Gasteiger partial charge is 0.338 e. The summed E-state index contributed by atoms with van der Waals surface area (Å²) in [6.07, 6.45) is 6.46. The van der Waals surface area contributed by atoms with Crippen LogP contribution in [0, 0.1) is 5.92 Å². The first-order chi connectivity index (χ1) is 11.1. The highest BCUT2D eigenvalue weighted by Crippen LogP contribution is 2.15. The van der Waals surface area contributed by atoms with Crippen molar-refractivity contribution in [2.24, 2.45) is 13.0 Å². The van der Waals surface area contributed by atoms with Crippen LogP contribution in [0.3, 0.4) is 0 Å². The molecule has 0 unspecified atom stereocenters. The Morgan fingerprint density at radius 1 is 1.48 bits per heavy atom. The molecule has 2 heterocycles. The molecule has 1 saturated heterocycles. The van der Waals surface area contributed by atoms with Crippen LogP contribution >= 0.6 is 0 Å². The van der Waals surface area contributed by atoms with Crippen molar-refractivity contribution in [3.63, 3.8) is 0 Å². The van der Waals surface area contributed by atoms with Crippen molar-refractivity contribution < 1.29 is 4.79 Å². The molecule has 1 aliphatic rings. The fraction of sp³-hybridized carbons (Fsp3) is 0.812. The number of amides is 2. The van der Waals surface area contributed by atoms with Gasteiger partial charge in [-0.2, -0.15) is 0 Å². The molecule has 0 aromatic carbocycles. The average Bonchev–Trinajstić information content (AvgIpc) is 2.93. The summed E-state index contributed by atoms with van der Waals surface area (Å²) in [6.45, 7) is 8.54. The molecule has 2 N–H and O–H groups in total. The number of piperidine rings is 1. The van der Waals surface area contributed by atoms with Gasteiger partial charge in [-0.25, -0.2) is 4.79 Å². The number of rotatable bonds is 7. The van der Waals surface area contributed by atoms with Gasteiger partial charge in [-0.15, -0.1) is 10.2 Å². The molecule has 0 aliphatic carbocycles. The van der Waals surface area contributed by atoms with Gasteiger partial charge in [0.05, 0.1) is 6.04 Å². The van der Waals surface area contributed by atoms with Crippen LogP contribution in [0.1, 0.15) is 51.4 Å². The fourth-order valence-corrected chi connectivity index (χ4v) is 3.15. The molecule has 0 saturated carbocycles. The number of carbonyl (C=O) groups excluding carboxylic acids is 1. The Balaban J connectivity index is 1.55. The second-order valence-electron chi connectivity index (χ2n) is 6.68. The monoisotopic (exact) mass is 322 g/mol. The highest BCUT2D eigenvalue weighted by molar-refractivity contribution is 5.74. The minimum Gasteiger partial charge on any atom is -0.338 e. The maximum atomic E-state index is 11.9. The summed E-state index contributed by atoms with van der Waals surface area (Å²) >= 11 is 0. The fourth-order valence-electron chi connectivity index (χ4n) is 3.15. The topological polar surface area (TPSA) is 75.1 Å². The molecule has 1 fully saturated rings. The zero-order valence-electron chi connectivity index (χ0n) is 14.6. The smallest absolute Gasteiger partial charge is 0.315 e. The lowest BCUT2D eigenvalue weighted by Gasteiger charge is -2.30. The van der Waals surface area contributed by atoms with Crippen LogP contribution in [0.15, 0.2) is 6.33 Å². The SMILES string of the molecule is C[C@@H]1CCCN(CCCCNC(=O)N[C@H](C)c2nncn2C)C1. The van der Waals surface area contributed by atoms with E-state index in [1.807, 2.05) is 18.5 Å². The van der Waals surface area contributed by atoms with Gasteiger partial charge < -0.3 is 20.1 Å². The van der Waals surface area contributed by atoms with Gasteiger partial charge in [0.15, 0.2) is 5.82 Å². The molecule has 7 nitrogen and oxygen atoms in total. The van der Waals surface area contributed by atoms with E-state index in [1.165, 1.54) is 25.9 Å². The van der Waals surface area contributed by atoms with Crippen molar-refractivity contribution in [1.29, 1.82) is 0 Å². The van der Waals surface area contributed by atoms with Gasteiger partial charge in [0.2, 0.25) is 0 Å². The van der Waals surface area contributed by atoms with E-state index in [-0.39, 0.29) is 12.1 Å². The predicted octanol–water partition coefficient (Wildman–Crippen LogP) is 1.69. The van der Waals surface area contributed by atoms with Gasteiger partial charge in [0.1, 0.15) is 6.33 Å². The van der Waals surface area contributed by atoms with Crippen LogP contribution in [-0.4, -0.2) is 51.9 Å². The number of unbranched alkanes of at least 4 members (excludes halogenated alkanes) is 1. The molecule has 130 valence electrons. The number of urea groups is 1.